The molecule has 0 spiro atoms. The number of carbonyl (C=O) groups excluding carboxylic acids is 1. The second-order valence-electron chi connectivity index (χ2n) is 5.71. The highest BCUT2D eigenvalue weighted by molar-refractivity contribution is 7.10. The van der Waals surface area contributed by atoms with Crippen LogP contribution in [0, 0.1) is 5.92 Å². The third-order valence-corrected chi connectivity index (χ3v) is 4.95. The fourth-order valence-electron chi connectivity index (χ4n) is 2.65. The van der Waals surface area contributed by atoms with Crippen LogP contribution in [0.25, 0.3) is 0 Å². The van der Waals surface area contributed by atoms with Gasteiger partial charge < -0.3 is 11.1 Å². The van der Waals surface area contributed by atoms with Crippen LogP contribution in [0.5, 0.6) is 0 Å². The van der Waals surface area contributed by atoms with Gasteiger partial charge in [0.15, 0.2) is 0 Å². The molecule has 18 heavy (non-hydrogen) atoms. The molecule has 0 radical (unpaired) electrons. The van der Waals surface area contributed by atoms with Crippen molar-refractivity contribution in [3.05, 3.63) is 22.4 Å². The molecule has 1 aliphatic carbocycles. The molecular formula is C14H22N2OS. The monoisotopic (exact) mass is 266 g/mol. The molecule has 2 rings (SSSR count). The van der Waals surface area contributed by atoms with Gasteiger partial charge in [0.1, 0.15) is 0 Å². The molecule has 1 fully saturated rings. The van der Waals surface area contributed by atoms with E-state index >= 15 is 0 Å². The van der Waals surface area contributed by atoms with E-state index in [0.29, 0.717) is 12.3 Å². The van der Waals surface area contributed by atoms with Gasteiger partial charge in [0, 0.05) is 17.3 Å². The number of hydrogen-bond acceptors (Lipinski definition) is 3. The van der Waals surface area contributed by atoms with Crippen LogP contribution < -0.4 is 11.1 Å². The molecule has 100 valence electrons. The number of rotatable bonds is 4. The van der Waals surface area contributed by atoms with Crippen molar-refractivity contribution in [3.63, 3.8) is 0 Å². The van der Waals surface area contributed by atoms with Crippen LogP contribution in [0.3, 0.4) is 0 Å². The standard InChI is InChI=1S/C14H22N2OS/c1-14(2,12-7-4-8-18-12)16-13(17)9-10-5-3-6-11(10)15/h4,7-8,10-11H,3,5-6,9,15H2,1-2H3,(H,16,17)/t10-,11+/m0/s1. The number of hydrogen-bond donors (Lipinski definition) is 2. The van der Waals surface area contributed by atoms with Crippen LogP contribution in [0.2, 0.25) is 0 Å². The largest absolute Gasteiger partial charge is 0.346 e. The molecule has 1 aromatic heterocycles. The van der Waals surface area contributed by atoms with E-state index in [1.807, 2.05) is 25.3 Å². The maximum atomic E-state index is 12.1. The van der Waals surface area contributed by atoms with E-state index in [9.17, 15) is 4.79 Å². The van der Waals surface area contributed by atoms with Crippen molar-refractivity contribution in [2.45, 2.75) is 51.1 Å². The van der Waals surface area contributed by atoms with Crippen LogP contribution in [-0.2, 0) is 10.3 Å². The predicted octanol–water partition coefficient (Wildman–Crippen LogP) is 2.62. The molecular weight excluding hydrogens is 244 g/mol. The Bertz CT molecular complexity index is 400. The lowest BCUT2D eigenvalue weighted by molar-refractivity contribution is -0.123. The van der Waals surface area contributed by atoms with Crippen molar-refractivity contribution in [3.8, 4) is 0 Å². The summed E-state index contributed by atoms with van der Waals surface area (Å²) in [6.07, 6.45) is 3.88. The number of carbonyl (C=O) groups is 1. The Morgan fingerprint density at radius 1 is 1.56 bits per heavy atom. The molecule has 1 aliphatic rings. The predicted molar refractivity (Wildman–Crippen MR) is 75.4 cm³/mol. The number of thiophene rings is 1. The van der Waals surface area contributed by atoms with E-state index in [2.05, 4.69) is 11.4 Å². The van der Waals surface area contributed by atoms with Crippen LogP contribution >= 0.6 is 11.3 Å². The first-order valence-electron chi connectivity index (χ1n) is 6.59. The molecule has 0 unspecified atom stereocenters. The number of nitrogens with two attached hydrogens (primary N) is 1. The molecule has 1 saturated carbocycles. The summed E-state index contributed by atoms with van der Waals surface area (Å²) >= 11 is 1.68. The van der Waals surface area contributed by atoms with E-state index in [1.54, 1.807) is 11.3 Å². The Morgan fingerprint density at radius 3 is 2.89 bits per heavy atom. The van der Waals surface area contributed by atoms with Crippen molar-refractivity contribution in [1.82, 2.24) is 5.32 Å². The highest BCUT2D eigenvalue weighted by Gasteiger charge is 2.29. The molecule has 0 saturated heterocycles. The van der Waals surface area contributed by atoms with Gasteiger partial charge in [-0.2, -0.15) is 0 Å². The minimum Gasteiger partial charge on any atom is -0.346 e. The maximum absolute atomic E-state index is 12.1. The second-order valence-corrected chi connectivity index (χ2v) is 6.66. The maximum Gasteiger partial charge on any atom is 0.221 e. The third-order valence-electron chi connectivity index (χ3n) is 3.75. The fraction of sp³-hybridized carbons (Fsp3) is 0.643. The molecule has 0 aromatic carbocycles. The Labute approximate surface area is 113 Å². The topological polar surface area (TPSA) is 55.1 Å². The van der Waals surface area contributed by atoms with E-state index in [-0.39, 0.29) is 17.5 Å². The van der Waals surface area contributed by atoms with Gasteiger partial charge in [-0.1, -0.05) is 12.5 Å². The van der Waals surface area contributed by atoms with Crippen molar-refractivity contribution in [2.75, 3.05) is 0 Å². The average molecular weight is 266 g/mol. The molecule has 1 aromatic rings. The lowest BCUT2D eigenvalue weighted by atomic mass is 9.97. The summed E-state index contributed by atoms with van der Waals surface area (Å²) in [6.45, 7) is 4.09. The third kappa shape index (κ3) is 3.12. The van der Waals surface area contributed by atoms with Crippen molar-refractivity contribution in [2.24, 2.45) is 11.7 Å². The first-order valence-corrected chi connectivity index (χ1v) is 7.47. The van der Waals surface area contributed by atoms with E-state index in [4.69, 9.17) is 5.73 Å². The van der Waals surface area contributed by atoms with E-state index in [1.165, 1.54) is 4.88 Å². The van der Waals surface area contributed by atoms with Crippen LogP contribution in [0.15, 0.2) is 17.5 Å². The summed E-state index contributed by atoms with van der Waals surface area (Å²) in [7, 11) is 0. The molecule has 3 nitrogen and oxygen atoms in total. The average Bonchev–Trinajstić information content (AvgIpc) is 2.90. The quantitative estimate of drug-likeness (QED) is 0.880. The summed E-state index contributed by atoms with van der Waals surface area (Å²) in [5.74, 6) is 0.486. The van der Waals surface area contributed by atoms with Gasteiger partial charge >= 0.3 is 0 Å². The molecule has 1 heterocycles. The van der Waals surface area contributed by atoms with Gasteiger partial charge in [-0.25, -0.2) is 0 Å². The summed E-state index contributed by atoms with van der Waals surface area (Å²) < 4.78 is 0. The fourth-order valence-corrected chi connectivity index (χ4v) is 3.46. The lowest BCUT2D eigenvalue weighted by Crippen LogP contribution is -2.42. The zero-order valence-corrected chi connectivity index (χ0v) is 11.9. The van der Waals surface area contributed by atoms with Gasteiger partial charge in [-0.3, -0.25) is 4.79 Å². The summed E-state index contributed by atoms with van der Waals surface area (Å²) in [6, 6.07) is 4.29. The normalized spacial score (nSPS) is 24.2. The zero-order valence-electron chi connectivity index (χ0n) is 11.1. The van der Waals surface area contributed by atoms with Crippen molar-refractivity contribution >= 4 is 17.2 Å². The van der Waals surface area contributed by atoms with E-state index in [0.717, 1.165) is 19.3 Å². The Hall–Kier alpha value is -0.870. The summed E-state index contributed by atoms with van der Waals surface area (Å²) in [5.41, 5.74) is 5.72. The molecule has 1 amide bonds. The van der Waals surface area contributed by atoms with Crippen molar-refractivity contribution < 1.29 is 4.79 Å². The highest BCUT2D eigenvalue weighted by Crippen LogP contribution is 2.28. The Kier molecular flexibility index (Phi) is 4.07. The molecule has 3 N–H and O–H groups in total. The summed E-state index contributed by atoms with van der Waals surface area (Å²) in [4.78, 5) is 13.3. The van der Waals surface area contributed by atoms with Gasteiger partial charge in [0.25, 0.3) is 0 Å². The SMILES string of the molecule is CC(C)(NC(=O)C[C@@H]1CCC[C@H]1N)c1cccs1. The Balaban J connectivity index is 1.91. The number of nitrogens with one attached hydrogen (secondary N) is 1. The molecule has 0 aliphatic heterocycles. The zero-order chi connectivity index (χ0) is 13.2. The van der Waals surface area contributed by atoms with Crippen molar-refractivity contribution in [1.29, 1.82) is 0 Å². The van der Waals surface area contributed by atoms with Gasteiger partial charge in [0.2, 0.25) is 5.91 Å². The first kappa shape index (κ1) is 13.6. The van der Waals surface area contributed by atoms with Gasteiger partial charge in [0.05, 0.1) is 5.54 Å². The Morgan fingerprint density at radius 2 is 2.33 bits per heavy atom. The summed E-state index contributed by atoms with van der Waals surface area (Å²) in [5, 5.41) is 5.16. The van der Waals surface area contributed by atoms with Crippen LogP contribution in [0.4, 0.5) is 0 Å². The van der Waals surface area contributed by atoms with Crippen LogP contribution in [0.1, 0.15) is 44.4 Å². The number of amides is 1. The smallest absolute Gasteiger partial charge is 0.221 e. The minimum absolute atomic E-state index is 0.121. The van der Waals surface area contributed by atoms with Gasteiger partial charge in [-0.15, -0.1) is 11.3 Å². The molecule has 4 heteroatoms. The van der Waals surface area contributed by atoms with Crippen LogP contribution in [-0.4, -0.2) is 11.9 Å². The van der Waals surface area contributed by atoms with Gasteiger partial charge in [-0.05, 0) is 44.1 Å². The minimum atomic E-state index is -0.284. The molecule has 0 bridgehead atoms. The van der Waals surface area contributed by atoms with E-state index < -0.39 is 0 Å². The lowest BCUT2D eigenvalue weighted by Gasteiger charge is -2.26. The second kappa shape index (κ2) is 5.41. The molecule has 2 atom stereocenters. The highest BCUT2D eigenvalue weighted by atomic mass is 32.1. The first-order chi connectivity index (χ1) is 8.49.